The minimum absolute atomic E-state index is 0.0906. The summed E-state index contributed by atoms with van der Waals surface area (Å²) < 4.78 is 45.1. The lowest BCUT2D eigenvalue weighted by Crippen LogP contribution is -2.16. The minimum Gasteiger partial charge on any atom is -0.494 e. The summed E-state index contributed by atoms with van der Waals surface area (Å²) in [4.78, 5) is 4.04. The number of rotatable bonds is 7. The molecule has 0 bridgehead atoms. The average molecular weight is 361 g/mol. The molecule has 4 nitrogen and oxygen atoms in total. The van der Waals surface area contributed by atoms with E-state index in [1.807, 2.05) is 13.8 Å². The second-order valence-corrected chi connectivity index (χ2v) is 6.09. The SMILES string of the molecule is CCCCN=C(N)SC(=N)c1ccc(OCCC)cc1C(F)(F)F. The summed E-state index contributed by atoms with van der Waals surface area (Å²) in [5.41, 5.74) is 4.53. The number of unbranched alkanes of at least 4 members (excludes halogenated alkanes) is 1. The van der Waals surface area contributed by atoms with E-state index in [4.69, 9.17) is 15.9 Å². The van der Waals surface area contributed by atoms with E-state index in [2.05, 4.69) is 4.99 Å². The van der Waals surface area contributed by atoms with E-state index in [1.54, 1.807) is 0 Å². The van der Waals surface area contributed by atoms with Gasteiger partial charge in [0.15, 0.2) is 5.17 Å². The third-order valence-corrected chi connectivity index (χ3v) is 3.76. The van der Waals surface area contributed by atoms with E-state index in [1.165, 1.54) is 12.1 Å². The van der Waals surface area contributed by atoms with Crippen molar-refractivity contribution in [2.45, 2.75) is 39.3 Å². The number of aliphatic imine (C=N–C) groups is 1. The van der Waals surface area contributed by atoms with Crippen molar-refractivity contribution in [1.29, 1.82) is 5.41 Å². The minimum atomic E-state index is -4.58. The van der Waals surface area contributed by atoms with Crippen LogP contribution in [0.4, 0.5) is 13.2 Å². The Morgan fingerprint density at radius 2 is 2.00 bits per heavy atom. The van der Waals surface area contributed by atoms with Crippen LogP contribution in [0.2, 0.25) is 0 Å². The van der Waals surface area contributed by atoms with Gasteiger partial charge < -0.3 is 10.5 Å². The zero-order chi connectivity index (χ0) is 18.2. The first-order chi connectivity index (χ1) is 11.3. The van der Waals surface area contributed by atoms with E-state index in [0.717, 1.165) is 30.7 Å². The van der Waals surface area contributed by atoms with Crippen LogP contribution in [-0.4, -0.2) is 23.4 Å². The largest absolute Gasteiger partial charge is 0.494 e. The Bertz CT molecular complexity index is 588. The predicted octanol–water partition coefficient (Wildman–Crippen LogP) is 4.67. The summed E-state index contributed by atoms with van der Waals surface area (Å²) >= 11 is 0.727. The fraction of sp³-hybridized carbons (Fsp3) is 0.500. The lowest BCUT2D eigenvalue weighted by molar-refractivity contribution is -0.137. The second-order valence-electron chi connectivity index (χ2n) is 5.06. The molecule has 8 heteroatoms. The predicted molar refractivity (Wildman–Crippen MR) is 93.0 cm³/mol. The molecular weight excluding hydrogens is 339 g/mol. The van der Waals surface area contributed by atoms with Crippen molar-refractivity contribution in [2.75, 3.05) is 13.2 Å². The highest BCUT2D eigenvalue weighted by Gasteiger charge is 2.35. The maximum Gasteiger partial charge on any atom is 0.417 e. The van der Waals surface area contributed by atoms with E-state index in [-0.39, 0.29) is 21.5 Å². The first-order valence-electron chi connectivity index (χ1n) is 7.70. The van der Waals surface area contributed by atoms with Gasteiger partial charge in [0.1, 0.15) is 10.8 Å². The number of nitrogens with two attached hydrogens (primary N) is 1. The van der Waals surface area contributed by atoms with Gasteiger partial charge in [0.05, 0.1) is 12.2 Å². The smallest absolute Gasteiger partial charge is 0.417 e. The number of halogens is 3. The average Bonchev–Trinajstić information content (AvgIpc) is 2.52. The van der Waals surface area contributed by atoms with Gasteiger partial charge >= 0.3 is 6.18 Å². The van der Waals surface area contributed by atoms with Crippen LogP contribution in [-0.2, 0) is 6.18 Å². The molecule has 1 aromatic rings. The standard InChI is InChI=1S/C16H22F3N3OS/c1-3-5-8-22-15(21)24-14(20)12-7-6-11(23-9-4-2)10-13(12)16(17,18)19/h6-7,10,20H,3-5,8-9H2,1-2H3,(H2,21,22). The summed E-state index contributed by atoms with van der Waals surface area (Å²) in [6, 6.07) is 3.59. The number of thioether (sulfide) groups is 1. The number of ether oxygens (including phenoxy) is 1. The van der Waals surface area contributed by atoms with Crippen molar-refractivity contribution in [1.82, 2.24) is 0 Å². The highest BCUT2D eigenvalue weighted by atomic mass is 32.2. The van der Waals surface area contributed by atoms with Gasteiger partial charge in [-0.15, -0.1) is 0 Å². The molecule has 3 N–H and O–H groups in total. The monoisotopic (exact) mass is 361 g/mol. The topological polar surface area (TPSA) is 71.5 Å². The van der Waals surface area contributed by atoms with Crippen LogP contribution >= 0.6 is 11.8 Å². The first kappa shape index (κ1) is 20.3. The van der Waals surface area contributed by atoms with Crippen molar-refractivity contribution >= 4 is 22.0 Å². The molecule has 1 aromatic carbocycles. The summed E-state index contributed by atoms with van der Waals surface area (Å²) in [7, 11) is 0. The Hall–Kier alpha value is -1.70. The zero-order valence-electron chi connectivity index (χ0n) is 13.7. The van der Waals surface area contributed by atoms with Crippen molar-refractivity contribution in [3.05, 3.63) is 29.3 Å². The summed E-state index contributed by atoms with van der Waals surface area (Å²) in [6.45, 7) is 4.70. The Labute approximate surface area is 144 Å². The molecule has 0 saturated carbocycles. The van der Waals surface area contributed by atoms with E-state index < -0.39 is 11.7 Å². The van der Waals surface area contributed by atoms with Crippen molar-refractivity contribution < 1.29 is 17.9 Å². The molecule has 0 radical (unpaired) electrons. The molecule has 0 saturated heterocycles. The molecule has 0 spiro atoms. The van der Waals surface area contributed by atoms with Crippen LogP contribution in [0.15, 0.2) is 23.2 Å². The Morgan fingerprint density at radius 3 is 2.58 bits per heavy atom. The molecule has 0 unspecified atom stereocenters. The lowest BCUT2D eigenvalue weighted by atomic mass is 10.1. The fourth-order valence-corrected chi connectivity index (χ4v) is 2.46. The highest BCUT2D eigenvalue weighted by molar-refractivity contribution is 8.26. The fourth-order valence-electron chi connectivity index (χ4n) is 1.80. The van der Waals surface area contributed by atoms with Crippen LogP contribution in [0.1, 0.15) is 44.2 Å². The molecule has 0 aliphatic rings. The summed E-state index contributed by atoms with van der Waals surface area (Å²) in [5, 5.41) is 7.73. The van der Waals surface area contributed by atoms with Gasteiger partial charge in [-0.05, 0) is 42.8 Å². The number of amidine groups is 1. The number of nitrogens with zero attached hydrogens (tertiary/aromatic N) is 1. The first-order valence-corrected chi connectivity index (χ1v) is 8.52. The van der Waals surface area contributed by atoms with Gasteiger partial charge in [0.2, 0.25) is 0 Å². The maximum absolute atomic E-state index is 13.3. The number of alkyl halides is 3. The van der Waals surface area contributed by atoms with Crippen molar-refractivity contribution in [3.8, 4) is 5.75 Å². The molecule has 24 heavy (non-hydrogen) atoms. The number of nitrogens with one attached hydrogen (secondary N) is 1. The van der Waals surface area contributed by atoms with Crippen LogP contribution in [0.3, 0.4) is 0 Å². The highest BCUT2D eigenvalue weighted by Crippen LogP contribution is 2.36. The van der Waals surface area contributed by atoms with Crippen LogP contribution in [0.5, 0.6) is 5.75 Å². The van der Waals surface area contributed by atoms with Crippen LogP contribution < -0.4 is 10.5 Å². The molecular formula is C16H22F3N3OS. The molecule has 1 rings (SSSR count). The number of hydrogen-bond acceptors (Lipinski definition) is 4. The van der Waals surface area contributed by atoms with Gasteiger partial charge in [0, 0.05) is 12.1 Å². The van der Waals surface area contributed by atoms with Gasteiger partial charge in [-0.2, -0.15) is 13.2 Å². The Morgan fingerprint density at radius 1 is 1.29 bits per heavy atom. The maximum atomic E-state index is 13.3. The van der Waals surface area contributed by atoms with E-state index in [0.29, 0.717) is 19.6 Å². The normalized spacial score (nSPS) is 12.3. The molecule has 0 aliphatic carbocycles. The van der Waals surface area contributed by atoms with Gasteiger partial charge in [-0.1, -0.05) is 20.3 Å². The molecule has 0 fully saturated rings. The second kappa shape index (κ2) is 9.56. The van der Waals surface area contributed by atoms with Gasteiger partial charge in [-0.25, -0.2) is 0 Å². The summed E-state index contributed by atoms with van der Waals surface area (Å²) in [6.07, 6.45) is -2.11. The molecule has 0 amide bonds. The van der Waals surface area contributed by atoms with Crippen molar-refractivity contribution in [2.24, 2.45) is 10.7 Å². The molecule has 134 valence electrons. The molecule has 0 aromatic heterocycles. The Kier molecular flexibility index (Phi) is 8.10. The van der Waals surface area contributed by atoms with Crippen LogP contribution in [0, 0.1) is 5.41 Å². The molecule has 0 aliphatic heterocycles. The summed E-state index contributed by atoms with van der Waals surface area (Å²) in [5.74, 6) is 0.135. The number of benzene rings is 1. The third kappa shape index (κ3) is 6.43. The number of hydrogen-bond donors (Lipinski definition) is 2. The third-order valence-electron chi connectivity index (χ3n) is 3.00. The molecule has 0 heterocycles. The molecule has 0 atom stereocenters. The van der Waals surface area contributed by atoms with E-state index >= 15 is 0 Å². The van der Waals surface area contributed by atoms with Gasteiger partial charge in [-0.3, -0.25) is 10.4 Å². The Balaban J connectivity index is 3.00. The van der Waals surface area contributed by atoms with E-state index in [9.17, 15) is 13.2 Å². The van der Waals surface area contributed by atoms with Crippen molar-refractivity contribution in [3.63, 3.8) is 0 Å². The quantitative estimate of drug-likeness (QED) is 0.421. The lowest BCUT2D eigenvalue weighted by Gasteiger charge is -2.15. The van der Waals surface area contributed by atoms with Crippen LogP contribution in [0.25, 0.3) is 0 Å². The zero-order valence-corrected chi connectivity index (χ0v) is 14.6. The van der Waals surface area contributed by atoms with Gasteiger partial charge in [0.25, 0.3) is 0 Å².